The van der Waals surface area contributed by atoms with Crippen LogP contribution in [0.1, 0.15) is 30.3 Å². The van der Waals surface area contributed by atoms with Gasteiger partial charge in [0.1, 0.15) is 5.75 Å². The fraction of sp³-hybridized carbons (Fsp3) is 0.286. The van der Waals surface area contributed by atoms with E-state index >= 15 is 0 Å². The highest BCUT2D eigenvalue weighted by atomic mass is 16.5. The predicted molar refractivity (Wildman–Crippen MR) is 101 cm³/mol. The average Bonchev–Trinajstić information content (AvgIpc) is 2.68. The van der Waals surface area contributed by atoms with Crippen molar-refractivity contribution >= 4 is 5.91 Å². The molecule has 0 saturated carbocycles. The first-order valence-corrected chi connectivity index (χ1v) is 8.43. The molecule has 0 fully saturated rings. The minimum atomic E-state index is -0.679. The molecule has 2 aromatic rings. The fourth-order valence-corrected chi connectivity index (χ4v) is 2.59. The lowest BCUT2D eigenvalue weighted by Crippen LogP contribution is -2.26. The first-order chi connectivity index (χ1) is 12.6. The minimum Gasteiger partial charge on any atom is -0.497 e. The molecule has 0 radical (unpaired) electrons. The molecule has 0 heterocycles. The van der Waals surface area contributed by atoms with E-state index in [-0.39, 0.29) is 11.8 Å². The van der Waals surface area contributed by atoms with Crippen molar-refractivity contribution in [1.29, 1.82) is 0 Å². The van der Waals surface area contributed by atoms with Gasteiger partial charge in [0, 0.05) is 19.2 Å². The van der Waals surface area contributed by atoms with Crippen LogP contribution in [-0.2, 0) is 9.53 Å². The van der Waals surface area contributed by atoms with Gasteiger partial charge in [-0.25, -0.2) is 0 Å². The molecule has 5 heteroatoms. The van der Waals surface area contributed by atoms with Crippen molar-refractivity contribution < 1.29 is 19.4 Å². The molecule has 2 rings (SSSR count). The van der Waals surface area contributed by atoms with Gasteiger partial charge in [-0.3, -0.25) is 4.79 Å². The number of ether oxygens (including phenoxy) is 2. The van der Waals surface area contributed by atoms with Crippen LogP contribution in [0.15, 0.2) is 66.9 Å². The monoisotopic (exact) mass is 355 g/mol. The average molecular weight is 355 g/mol. The second-order valence-electron chi connectivity index (χ2n) is 5.97. The van der Waals surface area contributed by atoms with E-state index in [4.69, 9.17) is 9.47 Å². The van der Waals surface area contributed by atoms with Gasteiger partial charge in [-0.1, -0.05) is 55.5 Å². The van der Waals surface area contributed by atoms with Gasteiger partial charge in [0.2, 0.25) is 0 Å². The van der Waals surface area contributed by atoms with Crippen molar-refractivity contribution in [3.8, 4) is 5.75 Å². The summed E-state index contributed by atoms with van der Waals surface area (Å²) in [4.78, 5) is 12.3. The quantitative estimate of drug-likeness (QED) is 0.762. The third kappa shape index (κ3) is 5.18. The van der Waals surface area contributed by atoms with E-state index in [0.717, 1.165) is 16.9 Å². The number of carbonyl (C=O) groups is 1. The van der Waals surface area contributed by atoms with E-state index in [1.54, 1.807) is 31.5 Å². The Balaban J connectivity index is 1.94. The molecule has 0 aromatic heterocycles. The zero-order chi connectivity index (χ0) is 18.9. The SMILES string of the molecule is COc1ccc([C@@H](O)[C@@H](C)/C=C/NC(=O)C(OC)c2ccccc2)cc1. The molecular weight excluding hydrogens is 330 g/mol. The lowest BCUT2D eigenvalue weighted by Gasteiger charge is -2.17. The van der Waals surface area contributed by atoms with E-state index in [9.17, 15) is 9.90 Å². The molecule has 0 aliphatic rings. The number of aliphatic hydroxyl groups is 1. The number of aliphatic hydroxyl groups excluding tert-OH is 1. The molecular formula is C21H25NO4. The van der Waals surface area contributed by atoms with E-state index in [2.05, 4.69) is 5.32 Å². The molecule has 1 amide bonds. The summed E-state index contributed by atoms with van der Waals surface area (Å²) in [5.41, 5.74) is 1.57. The third-order valence-corrected chi connectivity index (χ3v) is 4.16. The third-order valence-electron chi connectivity index (χ3n) is 4.16. The van der Waals surface area contributed by atoms with Crippen molar-refractivity contribution in [2.45, 2.75) is 19.1 Å². The van der Waals surface area contributed by atoms with E-state index in [0.29, 0.717) is 0 Å². The summed E-state index contributed by atoms with van der Waals surface area (Å²) in [6, 6.07) is 16.5. The lowest BCUT2D eigenvalue weighted by atomic mass is 9.97. The van der Waals surface area contributed by atoms with Crippen LogP contribution in [0, 0.1) is 5.92 Å². The van der Waals surface area contributed by atoms with Gasteiger partial charge in [-0.2, -0.15) is 0 Å². The van der Waals surface area contributed by atoms with Crippen molar-refractivity contribution in [2.75, 3.05) is 14.2 Å². The molecule has 2 aromatic carbocycles. The summed E-state index contributed by atoms with van der Waals surface area (Å²) in [7, 11) is 3.10. The van der Waals surface area contributed by atoms with Crippen molar-refractivity contribution in [1.82, 2.24) is 5.32 Å². The van der Waals surface area contributed by atoms with Crippen LogP contribution in [0.4, 0.5) is 0 Å². The summed E-state index contributed by atoms with van der Waals surface area (Å²) in [6.45, 7) is 1.88. The van der Waals surface area contributed by atoms with Crippen molar-refractivity contribution in [2.24, 2.45) is 5.92 Å². The van der Waals surface area contributed by atoms with Crippen LogP contribution >= 0.6 is 0 Å². The van der Waals surface area contributed by atoms with Crippen LogP contribution in [0.3, 0.4) is 0 Å². The number of benzene rings is 2. The molecule has 0 aliphatic carbocycles. The van der Waals surface area contributed by atoms with Gasteiger partial charge >= 0.3 is 0 Å². The number of nitrogens with one attached hydrogen (secondary N) is 1. The first kappa shape index (κ1) is 19.7. The Morgan fingerprint density at radius 1 is 1.04 bits per heavy atom. The number of amides is 1. The Morgan fingerprint density at radius 2 is 1.69 bits per heavy atom. The maximum Gasteiger partial charge on any atom is 0.257 e. The van der Waals surface area contributed by atoms with Crippen LogP contribution in [-0.4, -0.2) is 25.2 Å². The Labute approximate surface area is 154 Å². The molecule has 2 N–H and O–H groups in total. The highest BCUT2D eigenvalue weighted by molar-refractivity contribution is 5.83. The summed E-state index contributed by atoms with van der Waals surface area (Å²) in [5, 5.41) is 13.1. The first-order valence-electron chi connectivity index (χ1n) is 8.43. The predicted octanol–water partition coefficient (Wildman–Crippen LogP) is 3.38. The van der Waals surface area contributed by atoms with Gasteiger partial charge in [-0.15, -0.1) is 0 Å². The highest BCUT2D eigenvalue weighted by Crippen LogP contribution is 2.24. The van der Waals surface area contributed by atoms with Crippen LogP contribution in [0.25, 0.3) is 0 Å². The number of rotatable bonds is 8. The zero-order valence-electron chi connectivity index (χ0n) is 15.3. The highest BCUT2D eigenvalue weighted by Gasteiger charge is 2.19. The number of hydrogen-bond acceptors (Lipinski definition) is 4. The zero-order valence-corrected chi connectivity index (χ0v) is 15.3. The van der Waals surface area contributed by atoms with Crippen LogP contribution in [0.2, 0.25) is 0 Å². The smallest absolute Gasteiger partial charge is 0.257 e. The van der Waals surface area contributed by atoms with Crippen LogP contribution < -0.4 is 10.1 Å². The second-order valence-corrected chi connectivity index (χ2v) is 5.97. The summed E-state index contributed by atoms with van der Waals surface area (Å²) in [6.07, 6.45) is 1.95. The largest absolute Gasteiger partial charge is 0.497 e. The Hall–Kier alpha value is -2.63. The molecule has 5 nitrogen and oxygen atoms in total. The molecule has 138 valence electrons. The number of hydrogen-bond donors (Lipinski definition) is 2. The molecule has 3 atom stereocenters. The van der Waals surface area contributed by atoms with Crippen molar-refractivity contribution in [3.05, 3.63) is 78.0 Å². The molecule has 0 saturated heterocycles. The number of carbonyl (C=O) groups excluding carboxylic acids is 1. The maximum absolute atomic E-state index is 12.3. The Bertz CT molecular complexity index is 713. The van der Waals surface area contributed by atoms with Gasteiger partial charge in [0.25, 0.3) is 5.91 Å². The van der Waals surface area contributed by atoms with E-state index in [1.807, 2.05) is 49.4 Å². The van der Waals surface area contributed by atoms with Crippen molar-refractivity contribution in [3.63, 3.8) is 0 Å². The van der Waals surface area contributed by atoms with Crippen LogP contribution in [0.5, 0.6) is 5.75 Å². The number of methoxy groups -OCH3 is 2. The minimum absolute atomic E-state index is 0.179. The molecule has 0 bridgehead atoms. The summed E-state index contributed by atoms with van der Waals surface area (Å²) >= 11 is 0. The second kappa shape index (κ2) is 9.75. The van der Waals surface area contributed by atoms with Gasteiger partial charge in [0.15, 0.2) is 6.10 Å². The van der Waals surface area contributed by atoms with Gasteiger partial charge < -0.3 is 19.9 Å². The van der Waals surface area contributed by atoms with Gasteiger partial charge in [0.05, 0.1) is 13.2 Å². The normalized spacial score (nSPS) is 14.6. The summed E-state index contributed by atoms with van der Waals surface area (Å²) in [5.74, 6) is 0.297. The fourth-order valence-electron chi connectivity index (χ4n) is 2.59. The Morgan fingerprint density at radius 3 is 2.27 bits per heavy atom. The standard InChI is InChI=1S/C21H25NO4/c1-15(19(23)16-9-11-18(25-2)12-10-16)13-14-22-21(24)20(26-3)17-7-5-4-6-8-17/h4-15,19-20,23H,1-3H3,(H,22,24)/b14-13+/t15-,19-,20?/m0/s1. The van der Waals surface area contributed by atoms with E-state index in [1.165, 1.54) is 7.11 Å². The molecule has 0 aliphatic heterocycles. The topological polar surface area (TPSA) is 67.8 Å². The molecule has 26 heavy (non-hydrogen) atoms. The Kier molecular flexibility index (Phi) is 7.38. The maximum atomic E-state index is 12.3. The van der Waals surface area contributed by atoms with E-state index < -0.39 is 12.2 Å². The van der Waals surface area contributed by atoms with Gasteiger partial charge in [-0.05, 0) is 23.3 Å². The molecule has 1 unspecified atom stereocenters. The summed E-state index contributed by atoms with van der Waals surface area (Å²) < 4.78 is 10.4. The lowest BCUT2D eigenvalue weighted by molar-refractivity contribution is -0.130. The molecule has 0 spiro atoms.